The molecule has 1 spiro atoms. The molecule has 1 aromatic carbocycles. The lowest BCUT2D eigenvalue weighted by molar-refractivity contribution is -0.151. The van der Waals surface area contributed by atoms with Crippen molar-refractivity contribution in [2.24, 2.45) is 10.7 Å². The van der Waals surface area contributed by atoms with Crippen LogP contribution in [0.15, 0.2) is 47.3 Å². The first-order valence-electron chi connectivity index (χ1n) is 10.2. The fourth-order valence-electron chi connectivity index (χ4n) is 5.40. The Labute approximate surface area is 170 Å². The normalized spacial score (nSPS) is 38.0. The molecular weight excluding hydrogens is 368 g/mol. The molecule has 3 heterocycles. The Bertz CT molecular complexity index is 874. The van der Waals surface area contributed by atoms with Gasteiger partial charge in [-0.25, -0.2) is 15.8 Å². The number of hydrogen-bond donors (Lipinski definition) is 3. The summed E-state index contributed by atoms with van der Waals surface area (Å²) in [6.45, 7) is 0. The molecule has 0 radical (unpaired) electrons. The van der Waals surface area contributed by atoms with Crippen LogP contribution in [0.1, 0.15) is 37.7 Å². The number of nitrogens with two attached hydrogens (primary N) is 1. The quantitative estimate of drug-likeness (QED) is 0.702. The minimum atomic E-state index is -1.44. The van der Waals surface area contributed by atoms with Gasteiger partial charge in [-0.15, -0.1) is 0 Å². The molecule has 1 aliphatic carbocycles. The van der Waals surface area contributed by atoms with Gasteiger partial charge in [0.2, 0.25) is 0 Å². The van der Waals surface area contributed by atoms with Crippen molar-refractivity contribution in [2.45, 2.75) is 55.2 Å². The fourth-order valence-corrected chi connectivity index (χ4v) is 5.40. The summed E-state index contributed by atoms with van der Waals surface area (Å²) in [4.78, 5) is 20.5. The van der Waals surface area contributed by atoms with E-state index in [0.717, 1.165) is 32.1 Å². The molecule has 4 N–H and O–H groups in total. The topological polar surface area (TPSA) is 95.2 Å². The predicted molar refractivity (Wildman–Crippen MR) is 109 cm³/mol. The molecule has 8 nitrogen and oxygen atoms in total. The molecule has 29 heavy (non-hydrogen) atoms. The number of carbonyl (C=O) groups is 1. The van der Waals surface area contributed by atoms with E-state index in [1.165, 1.54) is 5.56 Å². The molecule has 8 heteroatoms. The molecule has 2 atom stereocenters. The molecule has 4 aliphatic rings. The van der Waals surface area contributed by atoms with Crippen LogP contribution in [0.5, 0.6) is 0 Å². The monoisotopic (exact) mass is 396 g/mol. The highest BCUT2D eigenvalue weighted by atomic mass is 16.6. The predicted octanol–water partition coefficient (Wildman–Crippen LogP) is 0.977. The van der Waals surface area contributed by atoms with Gasteiger partial charge in [0.05, 0.1) is 18.6 Å². The van der Waals surface area contributed by atoms with E-state index >= 15 is 0 Å². The number of fused-ring (bicyclic) bond motifs is 2. The molecule has 1 aromatic rings. The van der Waals surface area contributed by atoms with Crippen LogP contribution >= 0.6 is 0 Å². The average Bonchev–Trinajstić information content (AvgIpc) is 3.43. The summed E-state index contributed by atoms with van der Waals surface area (Å²) in [5.41, 5.74) is 13.9. The van der Waals surface area contributed by atoms with E-state index in [0.29, 0.717) is 5.76 Å². The number of primary amides is 1. The number of benzene rings is 1. The van der Waals surface area contributed by atoms with Crippen molar-refractivity contribution in [1.29, 1.82) is 0 Å². The zero-order chi connectivity index (χ0) is 20.3. The first-order chi connectivity index (χ1) is 13.9. The third kappa shape index (κ3) is 2.63. The zero-order valence-electron chi connectivity index (χ0n) is 16.9. The van der Waals surface area contributed by atoms with E-state index in [4.69, 9.17) is 10.5 Å². The van der Waals surface area contributed by atoms with E-state index in [2.05, 4.69) is 65.2 Å². The van der Waals surface area contributed by atoms with Gasteiger partial charge in [-0.05, 0) is 45.3 Å². The Kier molecular flexibility index (Phi) is 4.03. The second-order valence-corrected chi connectivity index (χ2v) is 8.83. The third-order valence-corrected chi connectivity index (χ3v) is 7.19. The molecule has 1 amide bonds. The number of allylic oxidation sites excluding steroid dienone is 1. The maximum Gasteiger partial charge on any atom is 0.365 e. The van der Waals surface area contributed by atoms with Gasteiger partial charge in [-0.2, -0.15) is 0 Å². The minimum Gasteiger partial charge on any atom is -0.437 e. The van der Waals surface area contributed by atoms with Crippen LogP contribution in [0.3, 0.4) is 0 Å². The molecule has 1 unspecified atom stereocenters. The highest BCUT2D eigenvalue weighted by molar-refractivity contribution is 5.92. The van der Waals surface area contributed by atoms with Crippen LogP contribution in [-0.2, 0) is 15.1 Å². The van der Waals surface area contributed by atoms with Crippen molar-refractivity contribution in [3.8, 4) is 0 Å². The van der Waals surface area contributed by atoms with Gasteiger partial charge in [0.1, 0.15) is 0 Å². The molecule has 1 saturated heterocycles. The molecule has 0 aromatic heterocycles. The van der Waals surface area contributed by atoms with E-state index in [9.17, 15) is 4.79 Å². The van der Waals surface area contributed by atoms with Gasteiger partial charge < -0.3 is 10.5 Å². The average molecular weight is 396 g/mol. The van der Waals surface area contributed by atoms with Gasteiger partial charge in [0, 0.05) is 17.5 Å². The lowest BCUT2D eigenvalue weighted by atomic mass is 9.68. The Morgan fingerprint density at radius 3 is 2.59 bits per heavy atom. The van der Waals surface area contributed by atoms with Crippen molar-refractivity contribution in [3.05, 3.63) is 47.9 Å². The number of rotatable bonds is 4. The number of aliphatic imine (C=N–C) groups is 1. The number of amides is 1. The zero-order valence-corrected chi connectivity index (χ0v) is 16.9. The number of nitrogens with one attached hydrogen (secondary N) is 2. The van der Waals surface area contributed by atoms with Crippen LogP contribution in [0.4, 0.5) is 0 Å². The molecule has 3 aliphatic heterocycles. The van der Waals surface area contributed by atoms with Crippen LogP contribution in [0, 0.1) is 0 Å². The van der Waals surface area contributed by atoms with Crippen molar-refractivity contribution < 1.29 is 9.53 Å². The standard InChI is InChI=1S/C21H28N6O2/c1-26(2)20(15-6-4-3-5-7-15)10-8-19(9-11-20)12-17(24-25-19)27-14-16-13-23-21(27,29-16)18(22)28/h3-7,13-14,17,24-25H,8-12H2,1-2H3,(H2,22,28)/t17-,19?,20?,21?/m1/s1. The Balaban J connectivity index is 1.33. The van der Waals surface area contributed by atoms with Gasteiger partial charge in [0.15, 0.2) is 5.76 Å². The van der Waals surface area contributed by atoms with Crippen molar-refractivity contribution in [3.63, 3.8) is 0 Å². The Morgan fingerprint density at radius 1 is 1.24 bits per heavy atom. The summed E-state index contributed by atoms with van der Waals surface area (Å²) in [7, 11) is 4.35. The van der Waals surface area contributed by atoms with Crippen LogP contribution in [0.2, 0.25) is 0 Å². The maximum absolute atomic E-state index is 12.1. The van der Waals surface area contributed by atoms with Crippen molar-refractivity contribution in [1.82, 2.24) is 20.7 Å². The Morgan fingerprint density at radius 2 is 1.97 bits per heavy atom. The van der Waals surface area contributed by atoms with E-state index < -0.39 is 11.8 Å². The van der Waals surface area contributed by atoms with Crippen molar-refractivity contribution >= 4 is 12.1 Å². The van der Waals surface area contributed by atoms with E-state index in [-0.39, 0.29) is 17.2 Å². The SMILES string of the molecule is CN(C)C1(c2ccccc2)CCC2(CC1)C[C@@H](N1C=C3C=NC1(C(N)=O)O3)NN2. The molecule has 2 fully saturated rings. The highest BCUT2D eigenvalue weighted by Crippen LogP contribution is 2.48. The molecule has 154 valence electrons. The smallest absolute Gasteiger partial charge is 0.365 e. The summed E-state index contributed by atoms with van der Waals surface area (Å²) in [6, 6.07) is 10.8. The number of nitrogens with zero attached hydrogens (tertiary/aromatic N) is 3. The lowest BCUT2D eigenvalue weighted by Gasteiger charge is -2.49. The van der Waals surface area contributed by atoms with Crippen LogP contribution in [-0.4, -0.2) is 53.6 Å². The fraction of sp³-hybridized carbons (Fsp3) is 0.524. The lowest BCUT2D eigenvalue weighted by Crippen LogP contribution is -2.58. The largest absolute Gasteiger partial charge is 0.437 e. The molecular formula is C21H28N6O2. The maximum atomic E-state index is 12.1. The van der Waals surface area contributed by atoms with E-state index in [1.807, 2.05) is 11.1 Å². The van der Waals surface area contributed by atoms with Gasteiger partial charge in [0.25, 0.3) is 0 Å². The van der Waals surface area contributed by atoms with Gasteiger partial charge in [-0.3, -0.25) is 14.6 Å². The highest BCUT2D eigenvalue weighted by Gasteiger charge is 2.57. The summed E-state index contributed by atoms with van der Waals surface area (Å²) in [6.07, 6.45) is 8.30. The molecule has 5 rings (SSSR count). The second-order valence-electron chi connectivity index (χ2n) is 8.83. The second kappa shape index (κ2) is 6.29. The minimum absolute atomic E-state index is 0.0259. The summed E-state index contributed by atoms with van der Waals surface area (Å²) in [5.74, 6) is -1.46. The first kappa shape index (κ1) is 18.6. The van der Waals surface area contributed by atoms with E-state index in [1.54, 1.807) is 6.21 Å². The number of ether oxygens (including phenoxy) is 1. The van der Waals surface area contributed by atoms with Gasteiger partial charge in [-0.1, -0.05) is 30.3 Å². The number of hydrazine groups is 1. The van der Waals surface area contributed by atoms with Crippen molar-refractivity contribution in [2.75, 3.05) is 14.1 Å². The Hall–Kier alpha value is -2.42. The van der Waals surface area contributed by atoms with Gasteiger partial charge >= 0.3 is 11.8 Å². The number of hydrogen-bond acceptors (Lipinski definition) is 7. The van der Waals surface area contributed by atoms with Crippen LogP contribution in [0.25, 0.3) is 0 Å². The molecule has 1 saturated carbocycles. The van der Waals surface area contributed by atoms with Crippen LogP contribution < -0.4 is 16.6 Å². The third-order valence-electron chi connectivity index (χ3n) is 7.19. The summed E-state index contributed by atoms with van der Waals surface area (Å²) < 4.78 is 5.66. The number of carbonyl (C=O) groups excluding carboxylic acids is 1. The first-order valence-corrected chi connectivity index (χ1v) is 10.2. The molecule has 2 bridgehead atoms. The summed E-state index contributed by atoms with van der Waals surface area (Å²) in [5, 5.41) is 0. The summed E-state index contributed by atoms with van der Waals surface area (Å²) >= 11 is 0.